The average Bonchev–Trinajstić information content (AvgIpc) is 3.14. The molecule has 1 heterocycles. The fourth-order valence-electron chi connectivity index (χ4n) is 2.13. The molecule has 0 radical (unpaired) electrons. The Labute approximate surface area is 116 Å². The molecule has 1 atom stereocenters. The highest BCUT2D eigenvalue weighted by molar-refractivity contribution is 7.99. The molecule has 2 amide bonds. The summed E-state index contributed by atoms with van der Waals surface area (Å²) >= 11 is 7.86. The van der Waals surface area contributed by atoms with Crippen LogP contribution in [0, 0.1) is 0 Å². The number of carbonyl (C=O) groups is 1. The SMILES string of the molecule is O=C(NC1CC1)NC1CCSc2ccc(Cl)cc21. The molecular formula is C13H15ClN2OS. The molecule has 1 aliphatic carbocycles. The number of hydrogen-bond acceptors (Lipinski definition) is 2. The molecule has 2 N–H and O–H groups in total. The van der Waals surface area contributed by atoms with Crippen LogP contribution in [0.15, 0.2) is 23.1 Å². The van der Waals surface area contributed by atoms with Crippen molar-refractivity contribution >= 4 is 29.4 Å². The van der Waals surface area contributed by atoms with Crippen LogP contribution in [0.2, 0.25) is 5.02 Å². The Morgan fingerprint density at radius 3 is 2.89 bits per heavy atom. The van der Waals surface area contributed by atoms with Crippen molar-refractivity contribution in [2.75, 3.05) is 5.75 Å². The van der Waals surface area contributed by atoms with E-state index in [1.54, 1.807) is 0 Å². The van der Waals surface area contributed by atoms with Gasteiger partial charge in [0, 0.05) is 21.7 Å². The Hall–Kier alpha value is -0.870. The second-order valence-corrected chi connectivity index (χ2v) is 6.34. The predicted octanol–water partition coefficient (Wildman–Crippen LogP) is 3.34. The summed E-state index contributed by atoms with van der Waals surface area (Å²) in [5, 5.41) is 6.74. The highest BCUT2D eigenvalue weighted by Gasteiger charge is 2.26. The number of carbonyl (C=O) groups excluding carboxylic acids is 1. The van der Waals surface area contributed by atoms with Gasteiger partial charge in [-0.1, -0.05) is 11.6 Å². The normalized spacial score (nSPS) is 22.2. The second kappa shape index (κ2) is 5.02. The third kappa shape index (κ3) is 2.75. The quantitative estimate of drug-likeness (QED) is 0.873. The van der Waals surface area contributed by atoms with Crippen molar-refractivity contribution in [2.45, 2.75) is 36.2 Å². The van der Waals surface area contributed by atoms with Crippen LogP contribution in [0.3, 0.4) is 0 Å². The number of fused-ring (bicyclic) bond motifs is 1. The highest BCUT2D eigenvalue weighted by atomic mass is 35.5. The molecule has 1 saturated carbocycles. The van der Waals surface area contributed by atoms with Crippen LogP contribution >= 0.6 is 23.4 Å². The standard InChI is InChI=1S/C13H15ClN2OS/c14-8-1-4-12-10(7-8)11(5-6-18-12)16-13(17)15-9-2-3-9/h1,4,7,9,11H,2-3,5-6H2,(H2,15,16,17). The Balaban J connectivity index is 1.73. The van der Waals surface area contributed by atoms with Crippen LogP contribution in [0.5, 0.6) is 0 Å². The first-order valence-corrected chi connectivity index (χ1v) is 7.58. The summed E-state index contributed by atoms with van der Waals surface area (Å²) in [6.45, 7) is 0. The molecule has 1 aromatic carbocycles. The van der Waals surface area contributed by atoms with Crippen LogP contribution in [-0.4, -0.2) is 17.8 Å². The summed E-state index contributed by atoms with van der Waals surface area (Å²) < 4.78 is 0. The third-order valence-corrected chi connectivity index (χ3v) is 4.59. The zero-order valence-electron chi connectivity index (χ0n) is 9.91. The molecular weight excluding hydrogens is 268 g/mol. The first kappa shape index (κ1) is 12.2. The summed E-state index contributed by atoms with van der Waals surface area (Å²) in [6, 6.07) is 6.32. The van der Waals surface area contributed by atoms with Gasteiger partial charge in [-0.2, -0.15) is 0 Å². The van der Waals surface area contributed by atoms with E-state index in [1.807, 2.05) is 30.0 Å². The number of benzene rings is 1. The molecule has 96 valence electrons. The molecule has 0 bridgehead atoms. The molecule has 1 fully saturated rings. The molecule has 5 heteroatoms. The maximum Gasteiger partial charge on any atom is 0.315 e. The minimum absolute atomic E-state index is 0.0553. The zero-order chi connectivity index (χ0) is 12.5. The molecule has 1 aliphatic heterocycles. The minimum Gasteiger partial charge on any atom is -0.335 e. The van der Waals surface area contributed by atoms with Crippen LogP contribution in [0.4, 0.5) is 4.79 Å². The Morgan fingerprint density at radius 1 is 1.28 bits per heavy atom. The molecule has 1 unspecified atom stereocenters. The number of amides is 2. The summed E-state index contributed by atoms with van der Waals surface area (Å²) in [5.74, 6) is 1.03. The number of nitrogens with one attached hydrogen (secondary N) is 2. The summed E-state index contributed by atoms with van der Waals surface area (Å²) in [6.07, 6.45) is 3.17. The van der Waals surface area contributed by atoms with Crippen molar-refractivity contribution in [2.24, 2.45) is 0 Å². The largest absolute Gasteiger partial charge is 0.335 e. The lowest BCUT2D eigenvalue weighted by Crippen LogP contribution is -2.39. The summed E-state index contributed by atoms with van der Waals surface area (Å²) in [5.41, 5.74) is 1.14. The molecule has 0 saturated heterocycles. The smallest absolute Gasteiger partial charge is 0.315 e. The molecule has 3 nitrogen and oxygen atoms in total. The lowest BCUT2D eigenvalue weighted by molar-refractivity contribution is 0.236. The third-order valence-electron chi connectivity index (χ3n) is 3.23. The Bertz CT molecular complexity index is 476. The average molecular weight is 283 g/mol. The Kier molecular flexibility index (Phi) is 3.39. The van der Waals surface area contributed by atoms with Gasteiger partial charge in [0.1, 0.15) is 0 Å². The lowest BCUT2D eigenvalue weighted by atomic mass is 10.0. The van der Waals surface area contributed by atoms with E-state index >= 15 is 0 Å². The van der Waals surface area contributed by atoms with Crippen molar-refractivity contribution in [3.63, 3.8) is 0 Å². The number of rotatable bonds is 2. The van der Waals surface area contributed by atoms with Gasteiger partial charge in [0.15, 0.2) is 0 Å². The maximum absolute atomic E-state index is 11.8. The molecule has 0 spiro atoms. The van der Waals surface area contributed by atoms with Crippen molar-refractivity contribution in [3.05, 3.63) is 28.8 Å². The van der Waals surface area contributed by atoms with Crippen molar-refractivity contribution in [1.82, 2.24) is 10.6 Å². The van der Waals surface area contributed by atoms with Crippen LogP contribution in [0.25, 0.3) is 0 Å². The van der Waals surface area contributed by atoms with Crippen molar-refractivity contribution in [3.8, 4) is 0 Å². The Morgan fingerprint density at radius 2 is 2.11 bits per heavy atom. The molecule has 0 aromatic heterocycles. The first-order chi connectivity index (χ1) is 8.72. The van der Waals surface area contributed by atoms with Gasteiger partial charge >= 0.3 is 6.03 Å². The van der Waals surface area contributed by atoms with Crippen molar-refractivity contribution < 1.29 is 4.79 Å². The van der Waals surface area contributed by atoms with Gasteiger partial charge in [0.05, 0.1) is 6.04 Å². The van der Waals surface area contributed by atoms with Gasteiger partial charge < -0.3 is 10.6 Å². The van der Waals surface area contributed by atoms with Gasteiger partial charge in [-0.25, -0.2) is 4.79 Å². The van der Waals surface area contributed by atoms with E-state index in [0.717, 1.165) is 35.6 Å². The van der Waals surface area contributed by atoms with E-state index in [4.69, 9.17) is 11.6 Å². The molecule has 2 aliphatic rings. The number of urea groups is 1. The molecule has 1 aromatic rings. The monoisotopic (exact) mass is 282 g/mol. The number of halogens is 1. The van der Waals surface area contributed by atoms with E-state index in [0.29, 0.717) is 6.04 Å². The topological polar surface area (TPSA) is 41.1 Å². The fraction of sp³-hybridized carbons (Fsp3) is 0.462. The zero-order valence-corrected chi connectivity index (χ0v) is 11.5. The van der Waals surface area contributed by atoms with Gasteiger partial charge in [-0.05, 0) is 43.0 Å². The first-order valence-electron chi connectivity index (χ1n) is 6.21. The lowest BCUT2D eigenvalue weighted by Gasteiger charge is -2.26. The minimum atomic E-state index is -0.0553. The maximum atomic E-state index is 11.8. The van der Waals surface area contributed by atoms with Crippen LogP contribution in [-0.2, 0) is 0 Å². The van der Waals surface area contributed by atoms with E-state index in [2.05, 4.69) is 10.6 Å². The summed E-state index contributed by atoms with van der Waals surface area (Å²) in [4.78, 5) is 13.0. The second-order valence-electron chi connectivity index (χ2n) is 4.76. The molecule has 3 rings (SSSR count). The van der Waals surface area contributed by atoms with E-state index in [-0.39, 0.29) is 12.1 Å². The van der Waals surface area contributed by atoms with E-state index < -0.39 is 0 Å². The summed E-state index contributed by atoms with van der Waals surface area (Å²) in [7, 11) is 0. The highest BCUT2D eigenvalue weighted by Crippen LogP contribution is 2.37. The van der Waals surface area contributed by atoms with Crippen LogP contribution in [0.1, 0.15) is 30.9 Å². The van der Waals surface area contributed by atoms with Gasteiger partial charge in [0.2, 0.25) is 0 Å². The van der Waals surface area contributed by atoms with Crippen molar-refractivity contribution in [1.29, 1.82) is 0 Å². The number of thioether (sulfide) groups is 1. The fourth-order valence-corrected chi connectivity index (χ4v) is 3.41. The van der Waals surface area contributed by atoms with E-state index in [1.165, 1.54) is 4.90 Å². The van der Waals surface area contributed by atoms with Gasteiger partial charge in [-0.3, -0.25) is 0 Å². The van der Waals surface area contributed by atoms with E-state index in [9.17, 15) is 4.79 Å². The van der Waals surface area contributed by atoms with Gasteiger partial charge in [0.25, 0.3) is 0 Å². The van der Waals surface area contributed by atoms with Gasteiger partial charge in [-0.15, -0.1) is 11.8 Å². The predicted molar refractivity (Wildman–Crippen MR) is 74.2 cm³/mol. The number of hydrogen-bond donors (Lipinski definition) is 2. The van der Waals surface area contributed by atoms with Crippen LogP contribution < -0.4 is 10.6 Å². The molecule has 18 heavy (non-hydrogen) atoms.